The zero-order chi connectivity index (χ0) is 14.0. The van der Waals surface area contributed by atoms with Crippen LogP contribution in [0.3, 0.4) is 0 Å². The molecule has 0 spiro atoms. The van der Waals surface area contributed by atoms with E-state index in [9.17, 15) is 10.2 Å². The van der Waals surface area contributed by atoms with Crippen molar-refractivity contribution in [1.29, 1.82) is 0 Å². The summed E-state index contributed by atoms with van der Waals surface area (Å²) in [5, 5.41) is 21.1. The number of phenolic OH excluding ortho intramolecular Hbond substituents is 1. The van der Waals surface area contributed by atoms with Crippen molar-refractivity contribution in [2.45, 2.75) is 13.0 Å². The van der Waals surface area contributed by atoms with Crippen LogP contribution >= 0.6 is 0 Å². The maximum absolute atomic E-state index is 9.75. The fourth-order valence-electron chi connectivity index (χ4n) is 0.998. The molecule has 1 aromatic rings. The number of hydrogen-bond acceptors (Lipinski definition) is 3. The molecule has 0 fully saturated rings. The van der Waals surface area contributed by atoms with E-state index in [0.717, 1.165) is 0 Å². The SMILES string of the molecule is [2H][13C]([2H])([2H])[13C]([2H])([2H])NCC(O)c1cccc(O)c1. The molecule has 1 atom stereocenters. The first-order valence-corrected chi connectivity index (χ1v) is 3.85. The molecule has 3 heteroatoms. The van der Waals surface area contributed by atoms with Crippen molar-refractivity contribution in [3.63, 3.8) is 0 Å². The molecule has 0 heterocycles. The number of aliphatic hydroxyl groups excluding tert-OH is 1. The van der Waals surface area contributed by atoms with Crippen LogP contribution in [-0.2, 0) is 0 Å². The Morgan fingerprint density at radius 2 is 2.54 bits per heavy atom. The normalized spacial score (nSPS) is 20.5. The average molecular weight is 188 g/mol. The second-order valence-electron chi connectivity index (χ2n) is 2.62. The van der Waals surface area contributed by atoms with E-state index in [-0.39, 0.29) is 12.3 Å². The van der Waals surface area contributed by atoms with Gasteiger partial charge in [-0.2, -0.15) is 0 Å². The highest BCUT2D eigenvalue weighted by Crippen LogP contribution is 2.17. The number of hydrogen-bond donors (Lipinski definition) is 3. The second-order valence-corrected chi connectivity index (χ2v) is 2.62. The molecule has 0 bridgehead atoms. The van der Waals surface area contributed by atoms with Gasteiger partial charge in [-0.3, -0.25) is 0 Å². The molecule has 0 saturated carbocycles. The summed E-state index contributed by atoms with van der Waals surface area (Å²) in [5.74, 6) is -0.0228. The van der Waals surface area contributed by atoms with Crippen LogP contribution < -0.4 is 5.32 Å². The Morgan fingerprint density at radius 3 is 3.23 bits per heavy atom. The van der Waals surface area contributed by atoms with Crippen molar-refractivity contribution in [2.24, 2.45) is 0 Å². The third kappa shape index (κ3) is 3.05. The molecular weight excluding hydrogens is 168 g/mol. The van der Waals surface area contributed by atoms with E-state index in [0.29, 0.717) is 5.56 Å². The first-order chi connectivity index (χ1) is 8.13. The quantitative estimate of drug-likeness (QED) is 0.619. The molecule has 0 aromatic heterocycles. The maximum Gasteiger partial charge on any atom is 0.115 e. The van der Waals surface area contributed by atoms with Gasteiger partial charge < -0.3 is 15.5 Å². The number of rotatable bonds is 4. The van der Waals surface area contributed by atoms with E-state index in [1.54, 1.807) is 6.07 Å². The molecule has 1 rings (SSSR count). The summed E-state index contributed by atoms with van der Waals surface area (Å²) in [6, 6.07) is 5.85. The van der Waals surface area contributed by atoms with Crippen molar-refractivity contribution in [1.82, 2.24) is 5.32 Å². The van der Waals surface area contributed by atoms with E-state index in [2.05, 4.69) is 5.32 Å². The maximum atomic E-state index is 9.75. The Morgan fingerprint density at radius 1 is 1.69 bits per heavy atom. The fourth-order valence-corrected chi connectivity index (χ4v) is 0.998. The minimum absolute atomic E-state index is 0.0228. The van der Waals surface area contributed by atoms with Crippen LogP contribution in [0.25, 0.3) is 0 Å². The van der Waals surface area contributed by atoms with Crippen LogP contribution in [0.4, 0.5) is 0 Å². The molecule has 0 radical (unpaired) electrons. The molecule has 3 N–H and O–H groups in total. The highest BCUT2D eigenvalue weighted by atomic mass is 16.3. The molecule has 72 valence electrons. The van der Waals surface area contributed by atoms with E-state index < -0.39 is 19.5 Å². The van der Waals surface area contributed by atoms with Gasteiger partial charge in [-0.05, 0) is 24.2 Å². The molecule has 1 aromatic carbocycles. The van der Waals surface area contributed by atoms with Gasteiger partial charge in [0.05, 0.1) is 6.10 Å². The lowest BCUT2D eigenvalue weighted by Crippen LogP contribution is -2.20. The highest BCUT2D eigenvalue weighted by molar-refractivity contribution is 5.28. The fraction of sp³-hybridized carbons (Fsp3) is 0.400. The van der Waals surface area contributed by atoms with E-state index in [1.165, 1.54) is 18.2 Å². The molecule has 13 heavy (non-hydrogen) atoms. The van der Waals surface area contributed by atoms with E-state index in [1.807, 2.05) is 0 Å². The van der Waals surface area contributed by atoms with Crippen LogP contribution in [-0.4, -0.2) is 23.3 Å². The molecular formula is C10H15NO2. The van der Waals surface area contributed by atoms with Crippen molar-refractivity contribution in [3.8, 4) is 5.75 Å². The minimum Gasteiger partial charge on any atom is -0.508 e. The minimum atomic E-state index is -2.81. The Hall–Kier alpha value is -1.06. The van der Waals surface area contributed by atoms with Gasteiger partial charge in [-0.25, -0.2) is 0 Å². The second kappa shape index (κ2) is 4.84. The first kappa shape index (κ1) is 4.98. The monoisotopic (exact) mass is 188 g/mol. The highest BCUT2D eigenvalue weighted by Gasteiger charge is 2.06. The van der Waals surface area contributed by atoms with E-state index in [4.69, 9.17) is 6.85 Å². The summed E-state index contributed by atoms with van der Waals surface area (Å²) in [5.41, 5.74) is 0.379. The summed E-state index contributed by atoms with van der Waals surface area (Å²) in [6.45, 7) is -5.66. The molecule has 1 unspecified atom stereocenters. The van der Waals surface area contributed by atoms with Crippen molar-refractivity contribution < 1.29 is 17.1 Å². The molecule has 0 amide bonds. The topological polar surface area (TPSA) is 52.5 Å². The third-order valence-electron chi connectivity index (χ3n) is 1.64. The number of benzene rings is 1. The van der Waals surface area contributed by atoms with Crippen molar-refractivity contribution in [2.75, 3.05) is 13.0 Å². The smallest absolute Gasteiger partial charge is 0.115 e. The first-order valence-electron chi connectivity index (χ1n) is 6.35. The number of likely N-dealkylation sites (N-methyl/N-ethyl adjacent to an activating group) is 1. The standard InChI is InChI=1S/C10H15NO2/c1-2-11-7-10(13)8-4-3-5-9(12)6-8/h3-6,10-13H,2,7H2,1H3/i1+1D3,2+1D2. The third-order valence-corrected chi connectivity index (χ3v) is 1.64. The number of nitrogens with one attached hydrogen (secondary N) is 1. The largest absolute Gasteiger partial charge is 0.508 e. The van der Waals surface area contributed by atoms with Gasteiger partial charge in [-0.1, -0.05) is 19.0 Å². The predicted molar refractivity (Wildman–Crippen MR) is 51.6 cm³/mol. The van der Waals surface area contributed by atoms with Crippen molar-refractivity contribution >= 4 is 0 Å². The lowest BCUT2D eigenvalue weighted by atomic mass is 10.1. The van der Waals surface area contributed by atoms with Gasteiger partial charge in [0.2, 0.25) is 0 Å². The average Bonchev–Trinajstić information content (AvgIpc) is 2.24. The zero-order valence-electron chi connectivity index (χ0n) is 12.0. The van der Waals surface area contributed by atoms with Gasteiger partial charge in [0.1, 0.15) is 5.75 Å². The molecule has 0 aliphatic heterocycles. The lowest BCUT2D eigenvalue weighted by molar-refractivity contribution is 0.175. The van der Waals surface area contributed by atoms with Crippen molar-refractivity contribution in [3.05, 3.63) is 29.8 Å². The van der Waals surface area contributed by atoms with Crippen LogP contribution in [0, 0.1) is 0 Å². The number of aliphatic hydroxyl groups is 1. The van der Waals surface area contributed by atoms with Crippen LogP contribution in [0.15, 0.2) is 24.3 Å². The Kier molecular flexibility index (Phi) is 1.86. The Balaban J connectivity index is 2.64. The summed E-state index contributed by atoms with van der Waals surface area (Å²) in [7, 11) is 0. The van der Waals surface area contributed by atoms with Gasteiger partial charge in [0, 0.05) is 13.4 Å². The van der Waals surface area contributed by atoms with Crippen LogP contribution in [0.2, 0.25) is 0 Å². The number of phenols is 1. The van der Waals surface area contributed by atoms with Gasteiger partial charge in [-0.15, -0.1) is 0 Å². The number of aromatic hydroxyl groups is 1. The summed E-state index contributed by atoms with van der Waals surface area (Å²) < 4.78 is 35.6. The predicted octanol–water partition coefficient (Wildman–Crippen LogP) is 1.04. The molecule has 0 aliphatic rings. The summed E-state index contributed by atoms with van der Waals surface area (Å²) in [6.07, 6.45) is -1.10. The van der Waals surface area contributed by atoms with Gasteiger partial charge in [0.15, 0.2) is 0 Å². The lowest BCUT2D eigenvalue weighted by Gasteiger charge is -2.11. The zero-order valence-corrected chi connectivity index (χ0v) is 6.99. The van der Waals surface area contributed by atoms with Gasteiger partial charge >= 0.3 is 0 Å². The summed E-state index contributed by atoms with van der Waals surface area (Å²) >= 11 is 0. The van der Waals surface area contributed by atoms with Crippen LogP contribution in [0.5, 0.6) is 5.75 Å². The van der Waals surface area contributed by atoms with E-state index >= 15 is 0 Å². The van der Waals surface area contributed by atoms with Crippen LogP contribution in [0.1, 0.15) is 25.4 Å². The summed E-state index contributed by atoms with van der Waals surface area (Å²) in [4.78, 5) is 0. The Labute approximate surface area is 85.1 Å². The van der Waals surface area contributed by atoms with Gasteiger partial charge in [0.25, 0.3) is 0 Å². The Bertz CT molecular complexity index is 407. The molecule has 0 saturated heterocycles. The molecule has 3 nitrogen and oxygen atoms in total. The molecule has 0 aliphatic carbocycles.